The fourth-order valence-corrected chi connectivity index (χ4v) is 2.69. The Kier molecular flexibility index (Phi) is 5.14. The van der Waals surface area contributed by atoms with Gasteiger partial charge in [0.1, 0.15) is 5.82 Å². The zero-order valence-corrected chi connectivity index (χ0v) is 12.4. The summed E-state index contributed by atoms with van der Waals surface area (Å²) >= 11 is 0. The lowest BCUT2D eigenvalue weighted by molar-refractivity contribution is 0.340. The molecular formula is C15H26N4. The number of nitrogens with zero attached hydrogens (tertiary/aromatic N) is 3. The molecule has 0 aliphatic heterocycles. The van der Waals surface area contributed by atoms with Crippen molar-refractivity contribution in [2.45, 2.75) is 52.1 Å². The topological polar surface area (TPSA) is 41.1 Å². The van der Waals surface area contributed by atoms with Crippen LogP contribution in [0.4, 0.5) is 5.82 Å². The van der Waals surface area contributed by atoms with Crippen LogP contribution in [0.1, 0.15) is 45.2 Å². The van der Waals surface area contributed by atoms with E-state index in [9.17, 15) is 0 Å². The lowest BCUT2D eigenvalue weighted by Gasteiger charge is -2.34. The molecule has 0 atom stereocenters. The first-order valence-corrected chi connectivity index (χ1v) is 7.45. The Morgan fingerprint density at radius 2 is 1.95 bits per heavy atom. The Morgan fingerprint density at radius 1 is 1.21 bits per heavy atom. The molecule has 0 spiro atoms. The van der Waals surface area contributed by atoms with Crippen LogP contribution in [0.25, 0.3) is 0 Å². The van der Waals surface area contributed by atoms with Gasteiger partial charge in [-0.3, -0.25) is 4.98 Å². The van der Waals surface area contributed by atoms with Crippen LogP contribution < -0.4 is 10.2 Å². The third kappa shape index (κ3) is 3.90. The minimum atomic E-state index is 0.630. The number of hydrogen-bond donors (Lipinski definition) is 1. The van der Waals surface area contributed by atoms with E-state index in [4.69, 9.17) is 0 Å². The molecule has 0 radical (unpaired) electrons. The highest BCUT2D eigenvalue weighted by Gasteiger charge is 2.22. The van der Waals surface area contributed by atoms with Crippen molar-refractivity contribution < 1.29 is 0 Å². The molecule has 19 heavy (non-hydrogen) atoms. The quantitative estimate of drug-likeness (QED) is 0.885. The summed E-state index contributed by atoms with van der Waals surface area (Å²) < 4.78 is 0. The minimum Gasteiger partial charge on any atom is -0.355 e. The Labute approximate surface area is 116 Å². The lowest BCUT2D eigenvalue weighted by atomic mass is 9.87. The molecule has 0 amide bonds. The third-order valence-corrected chi connectivity index (χ3v) is 4.14. The molecule has 1 N–H and O–H groups in total. The van der Waals surface area contributed by atoms with Crippen molar-refractivity contribution in [2.75, 3.05) is 18.5 Å². The second-order valence-electron chi connectivity index (χ2n) is 5.67. The van der Waals surface area contributed by atoms with Gasteiger partial charge >= 0.3 is 0 Å². The van der Waals surface area contributed by atoms with Gasteiger partial charge in [-0.2, -0.15) is 0 Å². The van der Waals surface area contributed by atoms with Crippen LogP contribution in [0.3, 0.4) is 0 Å². The van der Waals surface area contributed by atoms with Gasteiger partial charge in [-0.1, -0.05) is 13.8 Å². The maximum Gasteiger partial charge on any atom is 0.147 e. The van der Waals surface area contributed by atoms with Gasteiger partial charge in [-0.25, -0.2) is 4.98 Å². The van der Waals surface area contributed by atoms with Crippen molar-refractivity contribution >= 4 is 5.82 Å². The van der Waals surface area contributed by atoms with Crippen molar-refractivity contribution in [3.05, 3.63) is 18.1 Å². The van der Waals surface area contributed by atoms with Crippen LogP contribution in [-0.2, 0) is 6.54 Å². The van der Waals surface area contributed by atoms with E-state index in [1.54, 1.807) is 0 Å². The van der Waals surface area contributed by atoms with Crippen molar-refractivity contribution in [2.24, 2.45) is 5.92 Å². The summed E-state index contributed by atoms with van der Waals surface area (Å²) in [6.07, 6.45) is 9.02. The van der Waals surface area contributed by atoms with E-state index in [2.05, 4.69) is 41.1 Å². The van der Waals surface area contributed by atoms with Crippen LogP contribution in [0, 0.1) is 5.92 Å². The molecule has 1 aromatic heterocycles. The van der Waals surface area contributed by atoms with E-state index >= 15 is 0 Å². The van der Waals surface area contributed by atoms with Gasteiger partial charge in [0, 0.05) is 19.6 Å². The van der Waals surface area contributed by atoms with Crippen LogP contribution in [0.5, 0.6) is 0 Å². The summed E-state index contributed by atoms with van der Waals surface area (Å²) in [4.78, 5) is 11.3. The molecule has 4 nitrogen and oxygen atoms in total. The third-order valence-electron chi connectivity index (χ3n) is 4.14. The van der Waals surface area contributed by atoms with Crippen LogP contribution in [0.15, 0.2) is 12.4 Å². The average Bonchev–Trinajstić information content (AvgIpc) is 2.46. The van der Waals surface area contributed by atoms with E-state index in [-0.39, 0.29) is 0 Å². The van der Waals surface area contributed by atoms with Gasteiger partial charge in [-0.05, 0) is 38.1 Å². The van der Waals surface area contributed by atoms with E-state index in [1.807, 2.05) is 12.4 Å². The molecule has 1 aliphatic rings. The fourth-order valence-electron chi connectivity index (χ4n) is 2.69. The summed E-state index contributed by atoms with van der Waals surface area (Å²) in [5, 5.41) is 3.27. The first-order chi connectivity index (χ1) is 9.20. The van der Waals surface area contributed by atoms with E-state index in [0.29, 0.717) is 6.04 Å². The Hall–Kier alpha value is -1.16. The van der Waals surface area contributed by atoms with Crippen molar-refractivity contribution in [1.82, 2.24) is 15.3 Å². The highest BCUT2D eigenvalue weighted by Crippen LogP contribution is 2.28. The van der Waals surface area contributed by atoms with Gasteiger partial charge in [0.25, 0.3) is 0 Å². The first kappa shape index (κ1) is 14.3. The Bertz CT molecular complexity index is 368. The van der Waals surface area contributed by atoms with Crippen LogP contribution in [0.2, 0.25) is 0 Å². The van der Waals surface area contributed by atoms with Crippen LogP contribution in [-0.4, -0.2) is 29.6 Å². The highest BCUT2D eigenvalue weighted by atomic mass is 15.2. The second-order valence-corrected chi connectivity index (χ2v) is 5.67. The molecule has 4 heteroatoms. The number of anilines is 1. The van der Waals surface area contributed by atoms with Crippen molar-refractivity contribution in [1.29, 1.82) is 0 Å². The van der Waals surface area contributed by atoms with E-state index in [0.717, 1.165) is 30.5 Å². The van der Waals surface area contributed by atoms with Crippen molar-refractivity contribution in [3.63, 3.8) is 0 Å². The standard InChI is InChI=1S/C15H26N4/c1-4-16-9-13-10-18-15(11-17-13)19(3)14-7-5-12(2)6-8-14/h10-12,14,16H,4-9H2,1-3H3. The summed E-state index contributed by atoms with van der Waals surface area (Å²) in [6.45, 7) is 6.21. The maximum absolute atomic E-state index is 4.55. The Balaban J connectivity index is 1.93. The summed E-state index contributed by atoms with van der Waals surface area (Å²) in [5.41, 5.74) is 1.01. The molecule has 1 saturated carbocycles. The smallest absolute Gasteiger partial charge is 0.147 e. The summed E-state index contributed by atoms with van der Waals surface area (Å²) in [6, 6.07) is 0.630. The summed E-state index contributed by atoms with van der Waals surface area (Å²) in [7, 11) is 2.15. The number of aromatic nitrogens is 2. The van der Waals surface area contributed by atoms with E-state index < -0.39 is 0 Å². The predicted octanol–water partition coefficient (Wildman–Crippen LogP) is 2.60. The molecule has 1 aliphatic carbocycles. The van der Waals surface area contributed by atoms with E-state index in [1.165, 1.54) is 25.7 Å². The van der Waals surface area contributed by atoms with Gasteiger partial charge in [-0.15, -0.1) is 0 Å². The Morgan fingerprint density at radius 3 is 2.53 bits per heavy atom. The normalized spacial score (nSPS) is 23.3. The second kappa shape index (κ2) is 6.85. The summed E-state index contributed by atoms with van der Waals surface area (Å²) in [5.74, 6) is 1.89. The minimum absolute atomic E-state index is 0.630. The fraction of sp³-hybridized carbons (Fsp3) is 0.733. The van der Waals surface area contributed by atoms with Gasteiger partial charge < -0.3 is 10.2 Å². The van der Waals surface area contributed by atoms with Gasteiger partial charge in [0.15, 0.2) is 0 Å². The van der Waals surface area contributed by atoms with Gasteiger partial charge in [0.2, 0.25) is 0 Å². The largest absolute Gasteiger partial charge is 0.355 e. The van der Waals surface area contributed by atoms with Gasteiger partial charge in [0.05, 0.1) is 18.1 Å². The molecule has 0 unspecified atom stereocenters. The molecule has 1 heterocycles. The zero-order chi connectivity index (χ0) is 13.7. The molecule has 1 fully saturated rings. The number of hydrogen-bond acceptors (Lipinski definition) is 4. The first-order valence-electron chi connectivity index (χ1n) is 7.45. The molecule has 106 valence electrons. The molecule has 0 saturated heterocycles. The molecule has 0 aromatic carbocycles. The average molecular weight is 262 g/mol. The number of nitrogens with one attached hydrogen (secondary N) is 1. The lowest BCUT2D eigenvalue weighted by Crippen LogP contribution is -2.35. The highest BCUT2D eigenvalue weighted by molar-refractivity contribution is 5.36. The van der Waals surface area contributed by atoms with Crippen molar-refractivity contribution in [3.8, 4) is 0 Å². The zero-order valence-electron chi connectivity index (χ0n) is 12.4. The SMILES string of the molecule is CCNCc1cnc(N(C)C2CCC(C)CC2)cn1. The maximum atomic E-state index is 4.55. The molecular weight excluding hydrogens is 236 g/mol. The number of rotatable bonds is 5. The molecule has 2 rings (SSSR count). The monoisotopic (exact) mass is 262 g/mol. The van der Waals surface area contributed by atoms with Crippen LogP contribution >= 0.6 is 0 Å². The molecule has 0 bridgehead atoms. The predicted molar refractivity (Wildman–Crippen MR) is 79.2 cm³/mol. The molecule has 1 aromatic rings.